The molecule has 2 N–H and O–H groups in total. The summed E-state index contributed by atoms with van der Waals surface area (Å²) < 4.78 is 5.93. The van der Waals surface area contributed by atoms with Crippen LogP contribution in [-0.4, -0.2) is 43.3 Å². The molecule has 1 aliphatic carbocycles. The van der Waals surface area contributed by atoms with Gasteiger partial charge in [-0.1, -0.05) is 26.7 Å². The molecule has 0 spiro atoms. The molecule has 2 rings (SSSR count). The van der Waals surface area contributed by atoms with E-state index in [2.05, 4.69) is 25.8 Å². The topological polar surface area (TPSA) is 38.5 Å². The second kappa shape index (κ2) is 6.55. The van der Waals surface area contributed by atoms with Crippen LogP contribution in [0.2, 0.25) is 0 Å². The quantitative estimate of drug-likeness (QED) is 0.833. The lowest BCUT2D eigenvalue weighted by Crippen LogP contribution is -2.58. The molecule has 112 valence electrons. The molecule has 3 nitrogen and oxygen atoms in total. The average Bonchev–Trinajstić information content (AvgIpc) is 2.91. The third-order valence-electron chi connectivity index (χ3n) is 5.42. The summed E-state index contributed by atoms with van der Waals surface area (Å²) in [5.74, 6) is 1.49. The molecule has 1 heterocycles. The van der Waals surface area contributed by atoms with Crippen molar-refractivity contribution in [1.29, 1.82) is 0 Å². The number of nitrogens with zero attached hydrogens (tertiary/aromatic N) is 1. The molecule has 2 atom stereocenters. The van der Waals surface area contributed by atoms with Crippen LogP contribution < -0.4 is 5.73 Å². The monoisotopic (exact) mass is 268 g/mol. The van der Waals surface area contributed by atoms with Crippen molar-refractivity contribution in [2.75, 3.05) is 26.7 Å². The number of nitrogens with two attached hydrogens (primary N) is 1. The molecular weight excluding hydrogens is 236 g/mol. The third-order valence-corrected chi connectivity index (χ3v) is 5.42. The van der Waals surface area contributed by atoms with Crippen LogP contribution in [0, 0.1) is 11.8 Å². The predicted octanol–water partition coefficient (Wildman–Crippen LogP) is 2.64. The molecule has 0 aromatic heterocycles. The van der Waals surface area contributed by atoms with Crippen molar-refractivity contribution in [2.24, 2.45) is 17.6 Å². The zero-order valence-corrected chi connectivity index (χ0v) is 13.0. The van der Waals surface area contributed by atoms with Gasteiger partial charge in [0.15, 0.2) is 0 Å². The standard InChI is InChI=1S/C16H32N2O/c1-13(2)15-10-16(12-17,8-9-19-15)18(3)11-14-6-4-5-7-14/h13-15H,4-12,17H2,1-3H3. The first-order valence-corrected chi connectivity index (χ1v) is 8.10. The van der Waals surface area contributed by atoms with E-state index in [4.69, 9.17) is 10.5 Å². The lowest BCUT2D eigenvalue weighted by atomic mass is 9.81. The van der Waals surface area contributed by atoms with Gasteiger partial charge in [0, 0.05) is 25.2 Å². The fraction of sp³-hybridized carbons (Fsp3) is 1.00. The third kappa shape index (κ3) is 3.50. The SMILES string of the molecule is CC(C)C1CC(CN)(N(C)CC2CCCC2)CCO1. The van der Waals surface area contributed by atoms with Crippen LogP contribution in [0.25, 0.3) is 0 Å². The molecule has 1 saturated heterocycles. The number of likely N-dealkylation sites (N-methyl/N-ethyl adjacent to an activating group) is 1. The van der Waals surface area contributed by atoms with Gasteiger partial charge < -0.3 is 10.5 Å². The first kappa shape index (κ1) is 15.3. The Morgan fingerprint density at radius 1 is 1.32 bits per heavy atom. The average molecular weight is 268 g/mol. The van der Waals surface area contributed by atoms with Crippen molar-refractivity contribution >= 4 is 0 Å². The molecule has 2 unspecified atom stereocenters. The fourth-order valence-corrected chi connectivity index (χ4v) is 3.83. The summed E-state index contributed by atoms with van der Waals surface area (Å²) in [6, 6.07) is 0. The van der Waals surface area contributed by atoms with E-state index in [-0.39, 0.29) is 5.54 Å². The van der Waals surface area contributed by atoms with Gasteiger partial charge in [-0.2, -0.15) is 0 Å². The van der Waals surface area contributed by atoms with Crippen LogP contribution in [0.4, 0.5) is 0 Å². The molecule has 0 bridgehead atoms. The number of rotatable bonds is 5. The van der Waals surface area contributed by atoms with E-state index in [9.17, 15) is 0 Å². The highest BCUT2D eigenvalue weighted by Gasteiger charge is 2.40. The van der Waals surface area contributed by atoms with Gasteiger partial charge in [0.2, 0.25) is 0 Å². The lowest BCUT2D eigenvalue weighted by molar-refractivity contribution is -0.0839. The molecule has 19 heavy (non-hydrogen) atoms. The molecule has 2 fully saturated rings. The Bertz CT molecular complexity index is 276. The van der Waals surface area contributed by atoms with Gasteiger partial charge in [0.25, 0.3) is 0 Å². The Hall–Kier alpha value is -0.120. The summed E-state index contributed by atoms with van der Waals surface area (Å²) in [5.41, 5.74) is 6.35. The molecular formula is C16H32N2O. The van der Waals surface area contributed by atoms with Gasteiger partial charge in [-0.25, -0.2) is 0 Å². The van der Waals surface area contributed by atoms with E-state index in [0.29, 0.717) is 12.0 Å². The zero-order chi connectivity index (χ0) is 13.9. The summed E-state index contributed by atoms with van der Waals surface area (Å²) in [7, 11) is 2.29. The van der Waals surface area contributed by atoms with Crippen LogP contribution in [0.15, 0.2) is 0 Å². The minimum atomic E-state index is 0.176. The summed E-state index contributed by atoms with van der Waals surface area (Å²) in [6.45, 7) is 7.38. The molecule has 1 saturated carbocycles. The Labute approximate surface area is 118 Å². The van der Waals surface area contributed by atoms with Gasteiger partial charge in [-0.3, -0.25) is 4.90 Å². The molecule has 0 radical (unpaired) electrons. The van der Waals surface area contributed by atoms with E-state index in [1.165, 1.54) is 32.2 Å². The maximum Gasteiger partial charge on any atom is 0.0616 e. The van der Waals surface area contributed by atoms with Crippen molar-refractivity contribution in [1.82, 2.24) is 4.90 Å². The van der Waals surface area contributed by atoms with Gasteiger partial charge >= 0.3 is 0 Å². The van der Waals surface area contributed by atoms with Crippen molar-refractivity contribution in [3.8, 4) is 0 Å². The summed E-state index contributed by atoms with van der Waals surface area (Å²) >= 11 is 0. The molecule has 3 heteroatoms. The number of hydrogen-bond donors (Lipinski definition) is 1. The van der Waals surface area contributed by atoms with Crippen LogP contribution in [0.5, 0.6) is 0 Å². The fourth-order valence-electron chi connectivity index (χ4n) is 3.83. The van der Waals surface area contributed by atoms with Crippen LogP contribution in [-0.2, 0) is 4.74 Å². The van der Waals surface area contributed by atoms with Crippen LogP contribution in [0.1, 0.15) is 52.4 Å². The second-order valence-electron chi connectivity index (χ2n) is 7.07. The van der Waals surface area contributed by atoms with Gasteiger partial charge in [0.05, 0.1) is 6.10 Å². The van der Waals surface area contributed by atoms with E-state index in [0.717, 1.165) is 31.9 Å². The Morgan fingerprint density at radius 3 is 2.58 bits per heavy atom. The molecule has 2 aliphatic rings. The molecule has 0 aromatic rings. The molecule has 1 aliphatic heterocycles. The summed E-state index contributed by atoms with van der Waals surface area (Å²) in [6.07, 6.45) is 8.24. The van der Waals surface area contributed by atoms with Crippen LogP contribution >= 0.6 is 0 Å². The smallest absolute Gasteiger partial charge is 0.0616 e. The predicted molar refractivity (Wildman–Crippen MR) is 80.2 cm³/mol. The van der Waals surface area contributed by atoms with E-state index in [1.54, 1.807) is 0 Å². The Kier molecular flexibility index (Phi) is 5.27. The highest BCUT2D eigenvalue weighted by molar-refractivity contribution is 4.96. The Balaban J connectivity index is 1.98. The maximum atomic E-state index is 6.18. The summed E-state index contributed by atoms with van der Waals surface area (Å²) in [4.78, 5) is 2.57. The van der Waals surface area contributed by atoms with Gasteiger partial charge in [-0.15, -0.1) is 0 Å². The van der Waals surface area contributed by atoms with E-state index in [1.807, 2.05) is 0 Å². The minimum absolute atomic E-state index is 0.176. The largest absolute Gasteiger partial charge is 0.378 e. The van der Waals surface area contributed by atoms with E-state index >= 15 is 0 Å². The van der Waals surface area contributed by atoms with Gasteiger partial charge in [0.1, 0.15) is 0 Å². The van der Waals surface area contributed by atoms with Crippen LogP contribution in [0.3, 0.4) is 0 Å². The van der Waals surface area contributed by atoms with E-state index < -0.39 is 0 Å². The summed E-state index contributed by atoms with van der Waals surface area (Å²) in [5, 5.41) is 0. The normalized spacial score (nSPS) is 33.5. The first-order valence-electron chi connectivity index (χ1n) is 8.10. The lowest BCUT2D eigenvalue weighted by Gasteiger charge is -2.48. The minimum Gasteiger partial charge on any atom is -0.378 e. The molecule has 0 amide bonds. The molecule has 0 aromatic carbocycles. The van der Waals surface area contributed by atoms with Crippen molar-refractivity contribution < 1.29 is 4.74 Å². The second-order valence-corrected chi connectivity index (χ2v) is 7.07. The first-order chi connectivity index (χ1) is 9.07. The van der Waals surface area contributed by atoms with Crippen molar-refractivity contribution in [3.63, 3.8) is 0 Å². The highest BCUT2D eigenvalue weighted by Crippen LogP contribution is 2.34. The maximum absolute atomic E-state index is 6.18. The van der Waals surface area contributed by atoms with Crippen molar-refractivity contribution in [3.05, 3.63) is 0 Å². The highest BCUT2D eigenvalue weighted by atomic mass is 16.5. The number of ether oxygens (including phenoxy) is 1. The van der Waals surface area contributed by atoms with Gasteiger partial charge in [-0.05, 0) is 44.6 Å². The zero-order valence-electron chi connectivity index (χ0n) is 13.0. The number of hydrogen-bond acceptors (Lipinski definition) is 3. The Morgan fingerprint density at radius 2 is 2.00 bits per heavy atom. The van der Waals surface area contributed by atoms with Crippen molar-refractivity contribution in [2.45, 2.75) is 64.0 Å².